The summed E-state index contributed by atoms with van der Waals surface area (Å²) >= 11 is 0. The Kier molecular flexibility index (Phi) is 30.1. The van der Waals surface area contributed by atoms with E-state index >= 15 is 0 Å². The van der Waals surface area contributed by atoms with Crippen molar-refractivity contribution in [3.8, 4) is 34.5 Å². The molecule has 0 heterocycles. The first-order valence-corrected chi connectivity index (χ1v) is 26.8. The first-order valence-electron chi connectivity index (χ1n) is 23.9. The van der Waals surface area contributed by atoms with Gasteiger partial charge in [0, 0.05) is 0 Å². The van der Waals surface area contributed by atoms with E-state index in [9.17, 15) is 36.2 Å². The van der Waals surface area contributed by atoms with Gasteiger partial charge in [0.05, 0.1) is 4.90 Å². The first-order chi connectivity index (χ1) is 30.9. The smallest absolute Gasteiger partial charge is 0.869 e. The van der Waals surface area contributed by atoms with Crippen LogP contribution in [0, 0.1) is 0 Å². The van der Waals surface area contributed by atoms with Crippen LogP contribution in [0.3, 0.4) is 0 Å². The summed E-state index contributed by atoms with van der Waals surface area (Å²) < 4.78 is 78.4. The molecule has 356 valence electrons. The standard InChI is InChI=1S/2C26H38O5S.Ca/c2*1-2-3-4-5-6-7-8-9-10-11-12-14-17-22-20-21-24(32(28,29)30)25(27)26(22)31-23-18-15-13-16-19-23;/h2*13,15-16,18-21,27H,2-12,14,17H2,1H3,(H,28,29,30);/q;;+2/p-2. The zero-order valence-electron chi connectivity index (χ0n) is 39.2. The maximum absolute atomic E-state index is 12.7. The SMILES string of the molecule is CCCCCCCCCCCCCCc1ccc(S(=O)(=O)O)c(O)c1Oc1ccccc1.CCCCCCCCCCCCCCc1ccc(S(=O)(=O)[O-])c([O-])c1Oc1ccccc1.[Ca+2]. The van der Waals surface area contributed by atoms with E-state index in [1.54, 1.807) is 54.6 Å². The Morgan fingerprint density at radius 3 is 1.14 bits per heavy atom. The van der Waals surface area contributed by atoms with E-state index in [-0.39, 0.29) is 49.2 Å². The van der Waals surface area contributed by atoms with Crippen molar-refractivity contribution >= 4 is 58.0 Å². The van der Waals surface area contributed by atoms with Gasteiger partial charge in [-0.25, -0.2) is 8.42 Å². The summed E-state index contributed by atoms with van der Waals surface area (Å²) in [5.74, 6) is -0.453. The molecule has 4 rings (SSSR count). The van der Waals surface area contributed by atoms with Gasteiger partial charge >= 0.3 is 37.7 Å². The monoisotopic (exact) mass is 962 g/mol. The number of para-hydroxylation sites is 2. The van der Waals surface area contributed by atoms with Crippen molar-refractivity contribution in [3.63, 3.8) is 0 Å². The van der Waals surface area contributed by atoms with Crippen molar-refractivity contribution in [2.24, 2.45) is 0 Å². The zero-order valence-corrected chi connectivity index (χ0v) is 43.0. The minimum absolute atomic E-state index is 0. The predicted molar refractivity (Wildman–Crippen MR) is 260 cm³/mol. The van der Waals surface area contributed by atoms with Crippen LogP contribution < -0.4 is 14.6 Å². The van der Waals surface area contributed by atoms with Gasteiger partial charge in [0.1, 0.15) is 32.3 Å². The third-order valence-electron chi connectivity index (χ3n) is 11.4. The molecule has 65 heavy (non-hydrogen) atoms. The van der Waals surface area contributed by atoms with Crippen LogP contribution in [-0.2, 0) is 33.1 Å². The fourth-order valence-corrected chi connectivity index (χ4v) is 8.86. The minimum Gasteiger partial charge on any atom is -0.869 e. The van der Waals surface area contributed by atoms with E-state index in [1.807, 2.05) is 12.1 Å². The van der Waals surface area contributed by atoms with Crippen molar-refractivity contribution < 1.29 is 45.6 Å². The van der Waals surface area contributed by atoms with Crippen LogP contribution in [0.2, 0.25) is 0 Å². The van der Waals surface area contributed by atoms with Gasteiger partial charge in [-0.15, -0.1) is 0 Å². The molecule has 0 spiro atoms. The predicted octanol–water partition coefficient (Wildman–Crippen LogP) is 14.0. The normalized spacial score (nSPS) is 11.4. The number of unbranched alkanes of at least 4 members (excludes halogenated alkanes) is 22. The molecule has 0 atom stereocenters. The van der Waals surface area contributed by atoms with Crippen molar-refractivity contribution in [3.05, 3.63) is 96.1 Å². The largest absolute Gasteiger partial charge is 2.00 e. The Balaban J connectivity index is 0.000000440. The Morgan fingerprint density at radius 1 is 0.462 bits per heavy atom. The van der Waals surface area contributed by atoms with Crippen molar-refractivity contribution in [1.29, 1.82) is 0 Å². The molecule has 0 saturated heterocycles. The fourth-order valence-electron chi connectivity index (χ4n) is 7.73. The van der Waals surface area contributed by atoms with Gasteiger partial charge in [-0.05, 0) is 79.0 Å². The molecular formula is C52H74CaO10S2. The average molecular weight is 963 g/mol. The molecule has 13 heteroatoms. The fraction of sp³-hybridized carbons (Fsp3) is 0.538. The van der Waals surface area contributed by atoms with E-state index in [4.69, 9.17) is 9.47 Å². The molecule has 0 unspecified atom stereocenters. The molecule has 0 radical (unpaired) electrons. The molecule has 4 aromatic rings. The summed E-state index contributed by atoms with van der Waals surface area (Å²) in [5.41, 5.74) is 1.36. The number of hydrogen-bond acceptors (Lipinski definition) is 9. The molecule has 0 amide bonds. The number of aryl methyl sites for hydroxylation is 2. The Morgan fingerprint density at radius 2 is 0.785 bits per heavy atom. The van der Waals surface area contributed by atoms with Crippen LogP contribution in [0.15, 0.2) is 94.7 Å². The van der Waals surface area contributed by atoms with Crippen molar-refractivity contribution in [1.82, 2.24) is 0 Å². The van der Waals surface area contributed by atoms with E-state index in [1.165, 1.54) is 134 Å². The quantitative estimate of drug-likeness (QED) is 0.0272. The molecule has 0 aromatic heterocycles. The van der Waals surface area contributed by atoms with Crippen molar-refractivity contribution in [2.75, 3.05) is 0 Å². The van der Waals surface area contributed by atoms with Crippen LogP contribution in [0.5, 0.6) is 34.5 Å². The Labute approximate surface area is 421 Å². The van der Waals surface area contributed by atoms with Crippen LogP contribution in [0.1, 0.15) is 179 Å². The summed E-state index contributed by atoms with van der Waals surface area (Å²) in [7, 11) is -9.40. The first kappa shape index (κ1) is 58.3. The van der Waals surface area contributed by atoms with E-state index < -0.39 is 41.5 Å². The summed E-state index contributed by atoms with van der Waals surface area (Å²) in [6, 6.07) is 23.1. The molecule has 0 fully saturated rings. The summed E-state index contributed by atoms with van der Waals surface area (Å²) in [4.78, 5) is -1.30. The molecule has 0 bridgehead atoms. The molecule has 0 aliphatic heterocycles. The molecule has 0 saturated carbocycles. The summed E-state index contributed by atoms with van der Waals surface area (Å²) in [6.45, 7) is 4.48. The number of hydrogen-bond donors (Lipinski definition) is 2. The van der Waals surface area contributed by atoms with E-state index in [0.717, 1.165) is 43.7 Å². The molecule has 2 N–H and O–H groups in total. The summed E-state index contributed by atoms with van der Waals surface area (Å²) in [5, 5.41) is 23.1. The van der Waals surface area contributed by atoms with Gasteiger partial charge < -0.3 is 24.2 Å². The van der Waals surface area contributed by atoms with E-state index in [2.05, 4.69) is 13.8 Å². The second kappa shape index (κ2) is 33.6. The van der Waals surface area contributed by atoms with Gasteiger partial charge in [-0.1, -0.05) is 204 Å². The second-order valence-electron chi connectivity index (χ2n) is 16.8. The second-order valence-corrected chi connectivity index (χ2v) is 19.6. The third kappa shape index (κ3) is 23.6. The van der Waals surface area contributed by atoms with Gasteiger partial charge in [0.15, 0.2) is 11.5 Å². The van der Waals surface area contributed by atoms with Gasteiger partial charge in [0.25, 0.3) is 10.1 Å². The Bertz CT molecular complexity index is 1950. The van der Waals surface area contributed by atoms with Crippen molar-refractivity contribution in [2.45, 2.75) is 191 Å². The van der Waals surface area contributed by atoms with Gasteiger partial charge in [-0.3, -0.25) is 4.55 Å². The van der Waals surface area contributed by atoms with Crippen LogP contribution in [0.4, 0.5) is 0 Å². The van der Waals surface area contributed by atoms with Gasteiger partial charge in [-0.2, -0.15) is 8.42 Å². The topological polar surface area (TPSA) is 173 Å². The molecule has 0 aliphatic rings. The van der Waals surface area contributed by atoms with Crippen LogP contribution >= 0.6 is 0 Å². The number of benzene rings is 4. The number of rotatable bonds is 32. The maximum Gasteiger partial charge on any atom is 2.00 e. The molecule has 10 nitrogen and oxygen atoms in total. The van der Waals surface area contributed by atoms with E-state index in [0.29, 0.717) is 29.9 Å². The Hall–Kier alpha value is -2.84. The molecule has 4 aromatic carbocycles. The minimum atomic E-state index is -4.85. The number of ether oxygens (including phenoxy) is 2. The molecular weight excluding hydrogens is 889 g/mol. The molecule has 0 aliphatic carbocycles. The van der Waals surface area contributed by atoms with Crippen LogP contribution in [0.25, 0.3) is 0 Å². The third-order valence-corrected chi connectivity index (χ3v) is 13.2. The number of phenolic OH excluding ortho intramolecular Hbond substituents is 1. The number of phenols is 1. The number of aromatic hydroxyl groups is 1. The van der Waals surface area contributed by atoms with Crippen LogP contribution in [-0.4, -0.2) is 68.8 Å². The zero-order chi connectivity index (χ0) is 46.5. The maximum atomic E-state index is 12.7. The van der Waals surface area contributed by atoms with Gasteiger partial charge in [0.2, 0.25) is 0 Å². The summed E-state index contributed by atoms with van der Waals surface area (Å²) in [6.07, 6.45) is 31.2. The average Bonchev–Trinajstić information content (AvgIpc) is 3.26.